The van der Waals surface area contributed by atoms with Gasteiger partial charge in [-0.25, -0.2) is 14.6 Å². The Hall–Kier alpha value is -2.93. The Morgan fingerprint density at radius 3 is 2.63 bits per heavy atom. The molecular weight excluding hydrogens is 398 g/mol. The first-order valence-electron chi connectivity index (χ1n) is 7.33. The van der Waals surface area contributed by atoms with Gasteiger partial charge in [-0.2, -0.15) is 0 Å². The lowest BCUT2D eigenvalue weighted by molar-refractivity contribution is -0.141. The van der Waals surface area contributed by atoms with Gasteiger partial charge in [0.1, 0.15) is 16.8 Å². The molecule has 0 aromatic carbocycles. The van der Waals surface area contributed by atoms with Gasteiger partial charge in [0.25, 0.3) is 5.91 Å². The summed E-state index contributed by atoms with van der Waals surface area (Å²) < 4.78 is 0. The predicted molar refractivity (Wildman–Crippen MR) is 99.5 cm³/mol. The molecule has 0 bridgehead atoms. The summed E-state index contributed by atoms with van der Waals surface area (Å²) in [5.74, 6) is -3.51. The maximum absolute atomic E-state index is 12.4. The van der Waals surface area contributed by atoms with E-state index in [-0.39, 0.29) is 22.3 Å². The number of nitrogens with one attached hydrogen (secondary N) is 1. The van der Waals surface area contributed by atoms with E-state index in [9.17, 15) is 24.6 Å². The fourth-order valence-corrected chi connectivity index (χ4v) is 3.91. The summed E-state index contributed by atoms with van der Waals surface area (Å²) in [6.07, 6.45) is 1.58. The number of nitrogens with two attached hydrogens (primary N) is 1. The fraction of sp³-hybridized carbons (Fsp3) is 0.286. The summed E-state index contributed by atoms with van der Waals surface area (Å²) >= 11 is 2.07. The molecule has 0 unspecified atom stereocenters. The molecule has 13 heteroatoms. The maximum atomic E-state index is 12.4. The van der Waals surface area contributed by atoms with Crippen LogP contribution in [0.25, 0.3) is 0 Å². The van der Waals surface area contributed by atoms with Crippen molar-refractivity contribution in [2.24, 2.45) is 10.1 Å². The summed E-state index contributed by atoms with van der Waals surface area (Å²) in [4.78, 5) is 43.1. The van der Waals surface area contributed by atoms with E-state index < -0.39 is 35.0 Å². The minimum Gasteiger partial charge on any atom is -0.480 e. The number of nitrogens with zero attached hydrogens (tertiary/aromatic N) is 3. The molecule has 0 saturated carbocycles. The minimum absolute atomic E-state index is 0.0242. The van der Waals surface area contributed by atoms with Crippen LogP contribution in [0.2, 0.25) is 0 Å². The first-order valence-corrected chi connectivity index (χ1v) is 9.26. The SMILES string of the molecule is C/C=C1\CS[C@H]([C@H](NC(=O)/C(=N/O)c2csc(N)n2)C(=O)O)N=C1C(=O)O. The molecule has 2 rings (SSSR count). The van der Waals surface area contributed by atoms with Crippen molar-refractivity contribution in [3.05, 3.63) is 22.7 Å². The summed E-state index contributed by atoms with van der Waals surface area (Å²) in [5.41, 5.74) is 5.12. The molecule has 0 fully saturated rings. The third kappa shape index (κ3) is 4.62. The summed E-state index contributed by atoms with van der Waals surface area (Å²) in [6, 6.07) is -1.55. The summed E-state index contributed by atoms with van der Waals surface area (Å²) in [7, 11) is 0. The van der Waals surface area contributed by atoms with E-state index in [0.717, 1.165) is 23.1 Å². The van der Waals surface area contributed by atoms with E-state index >= 15 is 0 Å². The van der Waals surface area contributed by atoms with Gasteiger partial charge in [0.2, 0.25) is 0 Å². The molecular formula is C14H15N5O6S2. The molecule has 1 aromatic rings. The summed E-state index contributed by atoms with van der Waals surface area (Å²) in [5, 5.41) is 33.3. The molecule has 1 aromatic heterocycles. The Labute approximate surface area is 160 Å². The van der Waals surface area contributed by atoms with Gasteiger partial charge < -0.3 is 26.5 Å². The number of aromatic nitrogens is 1. The van der Waals surface area contributed by atoms with Gasteiger partial charge in [-0.3, -0.25) is 9.79 Å². The number of rotatable bonds is 6. The van der Waals surface area contributed by atoms with Crippen LogP contribution in [-0.4, -0.2) is 66.8 Å². The predicted octanol–water partition coefficient (Wildman–Crippen LogP) is 0.0178. The third-order valence-electron chi connectivity index (χ3n) is 3.44. The second-order valence-electron chi connectivity index (χ2n) is 5.11. The maximum Gasteiger partial charge on any atom is 0.354 e. The Morgan fingerprint density at radius 1 is 1.44 bits per heavy atom. The standard InChI is InChI=1S/C14H15N5O6S2/c1-2-5-3-26-11(18-7(5)12(21)22)9(13(23)24)17-10(20)8(19-25)6-4-27-14(15)16-6/h2,4,9,11,25H,3H2,1H3,(H2,15,16)(H,17,20)(H,21,22)(H,23,24)/b5-2+,19-8+/t9-,11+/m0/s1. The number of aliphatic carboxylic acids is 2. The number of aliphatic imine (C=N–C) groups is 1. The van der Waals surface area contributed by atoms with Gasteiger partial charge in [0, 0.05) is 11.1 Å². The van der Waals surface area contributed by atoms with E-state index in [2.05, 4.69) is 20.4 Å². The van der Waals surface area contributed by atoms with Gasteiger partial charge >= 0.3 is 11.9 Å². The van der Waals surface area contributed by atoms with Crippen LogP contribution in [0.15, 0.2) is 27.2 Å². The number of anilines is 1. The van der Waals surface area contributed by atoms with Crippen LogP contribution in [0.5, 0.6) is 0 Å². The number of carboxylic acid groups (broad SMARTS) is 2. The van der Waals surface area contributed by atoms with Crippen LogP contribution < -0.4 is 11.1 Å². The zero-order valence-corrected chi connectivity index (χ0v) is 15.5. The van der Waals surface area contributed by atoms with Gasteiger partial charge in [-0.1, -0.05) is 11.2 Å². The highest BCUT2D eigenvalue weighted by Gasteiger charge is 2.36. The average molecular weight is 413 g/mol. The topological polar surface area (TPSA) is 188 Å². The zero-order valence-electron chi connectivity index (χ0n) is 13.8. The third-order valence-corrected chi connectivity index (χ3v) is 5.31. The highest BCUT2D eigenvalue weighted by atomic mass is 32.2. The quantitative estimate of drug-likeness (QED) is 0.243. The number of nitrogen functional groups attached to an aromatic ring is 1. The number of carbonyl (C=O) groups excluding carboxylic acids is 1. The molecule has 2 heterocycles. The molecule has 27 heavy (non-hydrogen) atoms. The van der Waals surface area contributed by atoms with Crippen molar-refractivity contribution in [2.45, 2.75) is 18.3 Å². The number of oxime groups is 1. The number of hydrogen-bond acceptors (Lipinski definition) is 10. The van der Waals surface area contributed by atoms with E-state index in [1.165, 1.54) is 5.38 Å². The van der Waals surface area contributed by atoms with Gasteiger partial charge in [-0.15, -0.1) is 23.1 Å². The minimum atomic E-state index is -1.55. The summed E-state index contributed by atoms with van der Waals surface area (Å²) in [6.45, 7) is 1.65. The second kappa shape index (κ2) is 8.64. The number of amides is 1. The van der Waals surface area contributed by atoms with Crippen LogP contribution in [0.3, 0.4) is 0 Å². The molecule has 1 aliphatic rings. The van der Waals surface area contributed by atoms with Crippen molar-refractivity contribution in [3.63, 3.8) is 0 Å². The lowest BCUT2D eigenvalue weighted by atomic mass is 10.1. The lowest BCUT2D eigenvalue weighted by Gasteiger charge is -2.26. The number of hydrogen-bond donors (Lipinski definition) is 5. The number of thiazole rings is 1. The molecule has 0 radical (unpaired) electrons. The largest absolute Gasteiger partial charge is 0.480 e. The van der Waals surface area contributed by atoms with Crippen molar-refractivity contribution in [3.8, 4) is 0 Å². The van der Waals surface area contributed by atoms with E-state index in [4.69, 9.17) is 10.9 Å². The van der Waals surface area contributed by atoms with E-state index in [1.54, 1.807) is 13.0 Å². The van der Waals surface area contributed by atoms with Gasteiger partial charge in [-0.05, 0) is 12.5 Å². The molecule has 144 valence electrons. The molecule has 2 atom stereocenters. The highest BCUT2D eigenvalue weighted by Crippen LogP contribution is 2.26. The second-order valence-corrected chi connectivity index (χ2v) is 7.10. The highest BCUT2D eigenvalue weighted by molar-refractivity contribution is 8.00. The van der Waals surface area contributed by atoms with Crippen LogP contribution >= 0.6 is 23.1 Å². The molecule has 1 amide bonds. The molecule has 0 aliphatic carbocycles. The molecule has 1 aliphatic heterocycles. The normalized spacial score (nSPS) is 20.0. The van der Waals surface area contributed by atoms with Crippen LogP contribution in [0.4, 0.5) is 5.13 Å². The number of carboxylic acids is 2. The molecule has 6 N–H and O–H groups in total. The van der Waals surface area contributed by atoms with E-state index in [0.29, 0.717) is 5.57 Å². The van der Waals surface area contributed by atoms with Crippen molar-refractivity contribution in [1.82, 2.24) is 10.3 Å². The zero-order chi connectivity index (χ0) is 20.1. The molecule has 0 saturated heterocycles. The van der Waals surface area contributed by atoms with Gasteiger partial charge in [0.05, 0.1) is 0 Å². The van der Waals surface area contributed by atoms with Gasteiger partial charge in [0.15, 0.2) is 16.9 Å². The monoisotopic (exact) mass is 413 g/mol. The Kier molecular flexibility index (Phi) is 6.52. The Morgan fingerprint density at radius 2 is 2.15 bits per heavy atom. The van der Waals surface area contributed by atoms with Crippen LogP contribution in [0, 0.1) is 0 Å². The van der Waals surface area contributed by atoms with Crippen LogP contribution in [-0.2, 0) is 14.4 Å². The molecule has 11 nitrogen and oxygen atoms in total. The van der Waals surface area contributed by atoms with E-state index in [1.807, 2.05) is 0 Å². The van der Waals surface area contributed by atoms with Crippen LogP contribution in [0.1, 0.15) is 12.6 Å². The number of carbonyl (C=O) groups is 3. The Bertz CT molecular complexity index is 862. The fourth-order valence-electron chi connectivity index (χ4n) is 2.15. The first-order chi connectivity index (χ1) is 12.8. The van der Waals surface area contributed by atoms with Crippen molar-refractivity contribution < 1.29 is 29.8 Å². The van der Waals surface area contributed by atoms with Crippen molar-refractivity contribution in [1.29, 1.82) is 0 Å². The average Bonchev–Trinajstić information content (AvgIpc) is 3.05. The van der Waals surface area contributed by atoms with Crippen molar-refractivity contribution in [2.75, 3.05) is 11.5 Å². The number of allylic oxidation sites excluding steroid dienone is 1. The Balaban J connectivity index is 2.28. The van der Waals surface area contributed by atoms with Crippen molar-refractivity contribution >= 4 is 57.5 Å². The lowest BCUT2D eigenvalue weighted by Crippen LogP contribution is -2.50. The first kappa shape index (κ1) is 20.4. The smallest absolute Gasteiger partial charge is 0.354 e. The number of thioether (sulfide) groups is 1. The molecule has 0 spiro atoms.